The second-order valence-corrected chi connectivity index (χ2v) is 6.07. The van der Waals surface area contributed by atoms with Crippen LogP contribution in [0.15, 0.2) is 30.0 Å². The zero-order chi connectivity index (χ0) is 15.1. The summed E-state index contributed by atoms with van der Waals surface area (Å²) in [7, 11) is -1.02. The standard InChI is InChI=1S/C15H19BF2O2/c1-10(11-6-8-12(17)9-7-11)13(18)16-19-14(2,3)15(4,5)20-16/h6-9H,1-5H3. The molecule has 1 heterocycles. The highest BCUT2D eigenvalue weighted by molar-refractivity contribution is 6.55. The molecule has 20 heavy (non-hydrogen) atoms. The summed E-state index contributed by atoms with van der Waals surface area (Å²) in [5.74, 6) is -0.349. The number of halogens is 2. The molecule has 108 valence electrons. The first-order valence-electron chi connectivity index (χ1n) is 6.62. The highest BCUT2D eigenvalue weighted by atomic mass is 19.1. The van der Waals surface area contributed by atoms with Crippen LogP contribution in [-0.4, -0.2) is 18.3 Å². The lowest BCUT2D eigenvalue weighted by atomic mass is 9.83. The summed E-state index contributed by atoms with van der Waals surface area (Å²) < 4.78 is 38.7. The fourth-order valence-corrected chi connectivity index (χ4v) is 1.96. The van der Waals surface area contributed by atoms with Gasteiger partial charge in [-0.05, 0) is 57.9 Å². The van der Waals surface area contributed by atoms with E-state index in [0.717, 1.165) is 0 Å². The lowest BCUT2D eigenvalue weighted by Crippen LogP contribution is -2.41. The van der Waals surface area contributed by atoms with Crippen molar-refractivity contribution in [3.05, 3.63) is 41.4 Å². The molecule has 1 aliphatic heterocycles. The van der Waals surface area contributed by atoms with Crippen molar-refractivity contribution in [2.45, 2.75) is 45.8 Å². The minimum absolute atomic E-state index is 0.349. The first kappa shape index (κ1) is 15.2. The highest BCUT2D eigenvalue weighted by Crippen LogP contribution is 2.40. The Morgan fingerprint density at radius 1 is 1.00 bits per heavy atom. The Morgan fingerprint density at radius 3 is 1.90 bits per heavy atom. The van der Waals surface area contributed by atoms with Gasteiger partial charge in [-0.1, -0.05) is 12.1 Å². The number of allylic oxidation sites excluding steroid dienone is 1. The van der Waals surface area contributed by atoms with Gasteiger partial charge in [0, 0.05) is 0 Å². The molecule has 0 aliphatic carbocycles. The van der Waals surface area contributed by atoms with E-state index in [4.69, 9.17) is 9.31 Å². The lowest BCUT2D eigenvalue weighted by Gasteiger charge is -2.32. The van der Waals surface area contributed by atoms with Crippen LogP contribution < -0.4 is 0 Å². The quantitative estimate of drug-likeness (QED) is 0.757. The first-order chi connectivity index (χ1) is 9.14. The SMILES string of the molecule is CC(=C(F)B1OC(C)(C)C(C)(C)O1)c1ccc(F)cc1. The van der Waals surface area contributed by atoms with E-state index in [-0.39, 0.29) is 5.82 Å². The van der Waals surface area contributed by atoms with Gasteiger partial charge in [-0.3, -0.25) is 0 Å². The molecule has 1 aliphatic rings. The third-order valence-electron chi connectivity index (χ3n) is 4.10. The fourth-order valence-electron chi connectivity index (χ4n) is 1.96. The van der Waals surface area contributed by atoms with E-state index in [0.29, 0.717) is 11.1 Å². The summed E-state index contributed by atoms with van der Waals surface area (Å²) in [6.07, 6.45) is 0. The maximum atomic E-state index is 14.5. The maximum absolute atomic E-state index is 14.5. The van der Waals surface area contributed by atoms with Crippen molar-refractivity contribution in [1.29, 1.82) is 0 Å². The third kappa shape index (κ3) is 2.65. The van der Waals surface area contributed by atoms with Crippen LogP contribution in [0.2, 0.25) is 0 Å². The van der Waals surface area contributed by atoms with E-state index in [9.17, 15) is 8.78 Å². The molecule has 0 unspecified atom stereocenters. The number of hydrogen-bond donors (Lipinski definition) is 0. The summed E-state index contributed by atoms with van der Waals surface area (Å²) in [4.78, 5) is 0. The van der Waals surface area contributed by atoms with Crippen LogP contribution in [0, 0.1) is 5.82 Å². The van der Waals surface area contributed by atoms with Gasteiger partial charge in [0.2, 0.25) is 0 Å². The molecule has 0 spiro atoms. The molecular weight excluding hydrogens is 261 g/mol. The molecule has 2 nitrogen and oxygen atoms in total. The van der Waals surface area contributed by atoms with Crippen LogP contribution in [-0.2, 0) is 9.31 Å². The van der Waals surface area contributed by atoms with Gasteiger partial charge in [-0.15, -0.1) is 0 Å². The lowest BCUT2D eigenvalue weighted by molar-refractivity contribution is 0.00578. The molecule has 1 saturated heterocycles. The van der Waals surface area contributed by atoms with E-state index in [1.807, 2.05) is 27.7 Å². The molecule has 0 N–H and O–H groups in total. The van der Waals surface area contributed by atoms with E-state index < -0.39 is 24.0 Å². The number of hydrogen-bond acceptors (Lipinski definition) is 2. The molecule has 0 atom stereocenters. The van der Waals surface area contributed by atoms with Gasteiger partial charge in [0.25, 0.3) is 0 Å². The van der Waals surface area contributed by atoms with Crippen molar-refractivity contribution in [1.82, 2.24) is 0 Å². The fraction of sp³-hybridized carbons (Fsp3) is 0.467. The normalized spacial score (nSPS) is 21.9. The monoisotopic (exact) mass is 280 g/mol. The van der Waals surface area contributed by atoms with Crippen molar-refractivity contribution in [3.63, 3.8) is 0 Å². The Bertz CT molecular complexity index is 519. The summed E-state index contributed by atoms with van der Waals surface area (Å²) in [5, 5.41) is 0. The molecule has 2 rings (SSSR count). The summed E-state index contributed by atoms with van der Waals surface area (Å²) in [5.41, 5.74) is -0.645. The zero-order valence-corrected chi connectivity index (χ0v) is 12.5. The van der Waals surface area contributed by atoms with Gasteiger partial charge in [-0.2, -0.15) is 0 Å². The summed E-state index contributed by atoms with van der Waals surface area (Å²) in [6.45, 7) is 9.11. The van der Waals surface area contributed by atoms with Gasteiger partial charge in [0.1, 0.15) is 11.5 Å². The van der Waals surface area contributed by atoms with Gasteiger partial charge in [0.05, 0.1) is 11.2 Å². The average molecular weight is 280 g/mol. The van der Waals surface area contributed by atoms with Crippen molar-refractivity contribution >= 4 is 12.7 Å². The highest BCUT2D eigenvalue weighted by Gasteiger charge is 2.53. The van der Waals surface area contributed by atoms with E-state index in [1.165, 1.54) is 24.3 Å². The number of benzene rings is 1. The third-order valence-corrected chi connectivity index (χ3v) is 4.10. The minimum Gasteiger partial charge on any atom is -0.398 e. The molecule has 0 aromatic heterocycles. The Balaban J connectivity index is 2.29. The molecule has 0 bridgehead atoms. The average Bonchev–Trinajstić information content (AvgIpc) is 2.57. The maximum Gasteiger partial charge on any atom is 0.525 e. The smallest absolute Gasteiger partial charge is 0.398 e. The van der Waals surface area contributed by atoms with Gasteiger partial charge >= 0.3 is 7.12 Å². The zero-order valence-electron chi connectivity index (χ0n) is 12.5. The Hall–Kier alpha value is -1.20. The van der Waals surface area contributed by atoms with Gasteiger partial charge in [-0.25, -0.2) is 8.78 Å². The second-order valence-electron chi connectivity index (χ2n) is 6.07. The van der Waals surface area contributed by atoms with Crippen molar-refractivity contribution < 1.29 is 18.1 Å². The Morgan fingerprint density at radius 2 is 1.45 bits per heavy atom. The predicted molar refractivity (Wildman–Crippen MR) is 76.2 cm³/mol. The van der Waals surface area contributed by atoms with E-state index >= 15 is 0 Å². The molecule has 1 fully saturated rings. The van der Waals surface area contributed by atoms with E-state index in [1.54, 1.807) is 6.92 Å². The molecule has 0 amide bonds. The van der Waals surface area contributed by atoms with Crippen molar-refractivity contribution in [2.24, 2.45) is 0 Å². The first-order valence-corrected chi connectivity index (χ1v) is 6.62. The largest absolute Gasteiger partial charge is 0.525 e. The molecular formula is C15H19BF2O2. The van der Waals surface area contributed by atoms with E-state index in [2.05, 4.69) is 0 Å². The van der Waals surface area contributed by atoms with Crippen LogP contribution in [0.25, 0.3) is 5.57 Å². The van der Waals surface area contributed by atoms with Crippen molar-refractivity contribution in [3.8, 4) is 0 Å². The topological polar surface area (TPSA) is 18.5 Å². The molecule has 0 saturated carbocycles. The minimum atomic E-state index is -1.02. The summed E-state index contributed by atoms with van der Waals surface area (Å²) >= 11 is 0. The van der Waals surface area contributed by atoms with Crippen molar-refractivity contribution in [2.75, 3.05) is 0 Å². The van der Waals surface area contributed by atoms with Crippen LogP contribution in [0.1, 0.15) is 40.2 Å². The van der Waals surface area contributed by atoms with Gasteiger partial charge < -0.3 is 9.31 Å². The summed E-state index contributed by atoms with van der Waals surface area (Å²) in [6, 6.07) is 5.68. The van der Waals surface area contributed by atoms with Crippen LogP contribution in [0.4, 0.5) is 8.78 Å². The van der Waals surface area contributed by atoms with Crippen LogP contribution >= 0.6 is 0 Å². The molecule has 0 radical (unpaired) electrons. The Labute approximate surface area is 118 Å². The predicted octanol–water partition coefficient (Wildman–Crippen LogP) is 4.16. The molecule has 5 heteroatoms. The Kier molecular flexibility index (Phi) is 3.78. The number of rotatable bonds is 2. The second kappa shape index (κ2) is 4.97. The molecule has 1 aromatic carbocycles. The van der Waals surface area contributed by atoms with Crippen LogP contribution in [0.5, 0.6) is 0 Å². The van der Waals surface area contributed by atoms with Gasteiger partial charge in [0.15, 0.2) is 0 Å². The molecule has 1 aromatic rings. The van der Waals surface area contributed by atoms with Crippen LogP contribution in [0.3, 0.4) is 0 Å².